The van der Waals surface area contributed by atoms with E-state index in [1.165, 1.54) is 75.3 Å². The van der Waals surface area contributed by atoms with Gasteiger partial charge >= 0.3 is 0 Å². The predicted molar refractivity (Wildman–Crippen MR) is 212 cm³/mol. The summed E-state index contributed by atoms with van der Waals surface area (Å²) in [7, 11) is 0. The van der Waals surface area contributed by atoms with Gasteiger partial charge in [-0.1, -0.05) is 107 Å². The highest BCUT2D eigenvalue weighted by molar-refractivity contribution is 5.98. The Morgan fingerprint density at radius 3 is 1.69 bits per heavy atom. The molecule has 0 saturated heterocycles. The normalized spacial score (nSPS) is 31.2. The molecule has 5 aromatic rings. The molecule has 8 atom stereocenters. The zero-order chi connectivity index (χ0) is 35.6. The van der Waals surface area contributed by atoms with Crippen molar-refractivity contribution in [1.82, 2.24) is 15.0 Å². The van der Waals surface area contributed by atoms with Crippen molar-refractivity contribution in [3.8, 4) is 40.2 Å². The zero-order valence-electron chi connectivity index (χ0n) is 31.4. The number of fused-ring (bicyclic) bond motifs is 5. The quantitative estimate of drug-likeness (QED) is 0.185. The van der Waals surface area contributed by atoms with E-state index in [-0.39, 0.29) is 10.8 Å². The molecule has 4 bridgehead atoms. The largest absolute Gasteiger partial charge is 0.208 e. The first kappa shape index (κ1) is 33.5. The lowest BCUT2D eigenvalue weighted by molar-refractivity contribution is 0.0780. The van der Waals surface area contributed by atoms with E-state index in [1.807, 2.05) is 24.3 Å². The van der Waals surface area contributed by atoms with Crippen LogP contribution in [0.2, 0.25) is 0 Å². The Hall–Kier alpha value is -4.36. The van der Waals surface area contributed by atoms with E-state index in [2.05, 4.69) is 94.4 Å². The van der Waals surface area contributed by atoms with E-state index in [9.17, 15) is 5.26 Å². The Balaban J connectivity index is 1.20. The highest BCUT2D eigenvalue weighted by Crippen LogP contribution is 2.56. The fraction of sp³-hybridized carbons (Fsp3) is 0.458. The number of hydrogen-bond donors (Lipinski definition) is 0. The molecule has 1 heterocycles. The summed E-state index contributed by atoms with van der Waals surface area (Å²) < 4.78 is 0. The highest BCUT2D eigenvalue weighted by Gasteiger charge is 2.47. The van der Waals surface area contributed by atoms with Gasteiger partial charge in [0.15, 0.2) is 17.5 Å². The van der Waals surface area contributed by atoms with Crippen molar-refractivity contribution in [3.05, 3.63) is 102 Å². The molecule has 9 rings (SSSR count). The van der Waals surface area contributed by atoms with E-state index < -0.39 is 0 Å². The molecule has 2 unspecified atom stereocenters. The topological polar surface area (TPSA) is 62.5 Å². The monoisotopic (exact) mass is 684 g/mol. The average Bonchev–Trinajstić information content (AvgIpc) is 3.13. The summed E-state index contributed by atoms with van der Waals surface area (Å²) >= 11 is 0. The van der Waals surface area contributed by atoms with Crippen molar-refractivity contribution in [2.24, 2.45) is 35.5 Å². The number of rotatable bonds is 5. The van der Waals surface area contributed by atoms with Crippen LogP contribution in [0.3, 0.4) is 0 Å². The molecule has 4 saturated carbocycles. The third-order valence-corrected chi connectivity index (χ3v) is 13.7. The number of nitriles is 1. The van der Waals surface area contributed by atoms with Gasteiger partial charge in [0.2, 0.25) is 0 Å². The Labute approximate surface area is 310 Å². The van der Waals surface area contributed by atoms with Crippen LogP contribution >= 0.6 is 0 Å². The molecule has 1 aromatic heterocycles. The molecule has 52 heavy (non-hydrogen) atoms. The SMILES string of the molecule is C[C@@H]1C[C@@H]2C[C@H](C)CC(c3ccc(-c4nc(-c5ccccc5C56C[C@H](C)C[C@H](C[C@H](C)C5)C6)nc(-c5cccc6c(C#N)cccc56)n4)cc3)(C1)C2. The van der Waals surface area contributed by atoms with Crippen LogP contribution in [0.1, 0.15) is 109 Å². The molecule has 4 fully saturated rings. The van der Waals surface area contributed by atoms with Crippen LogP contribution in [0.4, 0.5) is 0 Å². The van der Waals surface area contributed by atoms with Crippen LogP contribution in [-0.2, 0) is 10.8 Å². The summed E-state index contributed by atoms with van der Waals surface area (Å²) in [6, 6.07) is 32.8. The minimum atomic E-state index is 0.137. The number of hydrogen-bond acceptors (Lipinski definition) is 4. The summed E-state index contributed by atoms with van der Waals surface area (Å²) in [6.45, 7) is 9.84. The van der Waals surface area contributed by atoms with Gasteiger partial charge in [0, 0.05) is 22.1 Å². The van der Waals surface area contributed by atoms with Crippen molar-refractivity contribution < 1.29 is 0 Å². The van der Waals surface area contributed by atoms with Gasteiger partial charge in [-0.3, -0.25) is 0 Å². The molecule has 264 valence electrons. The lowest BCUT2D eigenvalue weighted by Gasteiger charge is -2.51. The van der Waals surface area contributed by atoms with Crippen molar-refractivity contribution in [2.45, 2.75) is 103 Å². The van der Waals surface area contributed by atoms with Crippen LogP contribution in [0, 0.1) is 46.8 Å². The van der Waals surface area contributed by atoms with Gasteiger partial charge in [0.25, 0.3) is 0 Å². The fourth-order valence-electron chi connectivity index (χ4n) is 12.6. The molecule has 0 amide bonds. The maximum Gasteiger partial charge on any atom is 0.164 e. The molecule has 0 radical (unpaired) electrons. The first-order chi connectivity index (χ1) is 25.2. The first-order valence-electron chi connectivity index (χ1n) is 20.1. The molecule has 4 aliphatic rings. The van der Waals surface area contributed by atoms with Crippen LogP contribution in [0.25, 0.3) is 44.9 Å². The molecule has 4 nitrogen and oxygen atoms in total. The van der Waals surface area contributed by atoms with Crippen molar-refractivity contribution in [3.63, 3.8) is 0 Å². The Bertz CT molecular complexity index is 2140. The van der Waals surface area contributed by atoms with Crippen molar-refractivity contribution >= 4 is 10.8 Å². The Morgan fingerprint density at radius 2 is 1.04 bits per heavy atom. The van der Waals surface area contributed by atoms with E-state index in [0.717, 1.165) is 57.0 Å². The van der Waals surface area contributed by atoms with Crippen LogP contribution in [-0.4, -0.2) is 15.0 Å². The first-order valence-corrected chi connectivity index (χ1v) is 20.1. The van der Waals surface area contributed by atoms with E-state index in [0.29, 0.717) is 29.0 Å². The number of nitrogens with zero attached hydrogens (tertiary/aromatic N) is 4. The summed E-state index contributed by atoms with van der Waals surface area (Å²) in [6.07, 6.45) is 13.0. The summed E-state index contributed by atoms with van der Waals surface area (Å²) in [5, 5.41) is 11.9. The summed E-state index contributed by atoms with van der Waals surface area (Å²) in [5.74, 6) is 6.71. The summed E-state index contributed by atoms with van der Waals surface area (Å²) in [4.78, 5) is 16.0. The van der Waals surface area contributed by atoms with Gasteiger partial charge < -0.3 is 0 Å². The van der Waals surface area contributed by atoms with Gasteiger partial charge in [-0.05, 0) is 133 Å². The average molecular weight is 685 g/mol. The van der Waals surface area contributed by atoms with Gasteiger partial charge in [0.05, 0.1) is 11.6 Å². The lowest BCUT2D eigenvalue weighted by Crippen LogP contribution is -2.42. The van der Waals surface area contributed by atoms with Gasteiger partial charge in [0.1, 0.15) is 0 Å². The second-order valence-electron chi connectivity index (χ2n) is 18.1. The van der Waals surface area contributed by atoms with Crippen LogP contribution in [0.5, 0.6) is 0 Å². The number of aromatic nitrogens is 3. The molecular formula is C48H52N4. The second kappa shape index (κ2) is 12.9. The van der Waals surface area contributed by atoms with Crippen LogP contribution < -0.4 is 0 Å². The molecule has 0 N–H and O–H groups in total. The second-order valence-corrected chi connectivity index (χ2v) is 18.1. The third-order valence-electron chi connectivity index (χ3n) is 13.7. The minimum absolute atomic E-state index is 0.137. The molecule has 4 aliphatic carbocycles. The summed E-state index contributed by atoms with van der Waals surface area (Å²) in [5.41, 5.74) is 7.08. The minimum Gasteiger partial charge on any atom is -0.208 e. The molecule has 4 heteroatoms. The van der Waals surface area contributed by atoms with Gasteiger partial charge in [-0.25, -0.2) is 15.0 Å². The number of benzene rings is 4. The van der Waals surface area contributed by atoms with Gasteiger partial charge in [-0.15, -0.1) is 0 Å². The maximum atomic E-state index is 9.95. The van der Waals surface area contributed by atoms with Crippen LogP contribution in [0.15, 0.2) is 84.9 Å². The molecule has 0 aliphatic heterocycles. The van der Waals surface area contributed by atoms with E-state index >= 15 is 0 Å². The predicted octanol–water partition coefficient (Wildman–Crippen LogP) is 12.1. The van der Waals surface area contributed by atoms with E-state index in [4.69, 9.17) is 15.0 Å². The maximum absolute atomic E-state index is 9.95. The standard InChI is InChI=1S/C48H52N4/c1-30-19-34-20-31(2)24-47(23-30,27-34)38-17-15-36(16-18-38)44-50-45(41-13-8-11-39-37(29-49)9-7-12-40(39)41)52-46(51-44)42-10-5-6-14-43(42)48-25-32(3)21-35(28-48)22-33(4)26-48/h5-18,30-35H,19-28H2,1-4H3/t30-,31+,32-,33+,34-,35-,47?,48?. The smallest absolute Gasteiger partial charge is 0.164 e. The molecule has 4 aromatic carbocycles. The molecular weight excluding hydrogens is 633 g/mol. The van der Waals surface area contributed by atoms with Crippen molar-refractivity contribution in [2.75, 3.05) is 0 Å². The third kappa shape index (κ3) is 5.85. The lowest BCUT2D eigenvalue weighted by atomic mass is 9.54. The highest BCUT2D eigenvalue weighted by atomic mass is 15.0. The van der Waals surface area contributed by atoms with Crippen molar-refractivity contribution in [1.29, 1.82) is 5.26 Å². The fourth-order valence-corrected chi connectivity index (χ4v) is 12.6. The zero-order valence-corrected chi connectivity index (χ0v) is 31.4. The van der Waals surface area contributed by atoms with E-state index in [1.54, 1.807) is 0 Å². The Kier molecular flexibility index (Phi) is 8.33. The Morgan fingerprint density at radius 1 is 0.519 bits per heavy atom. The van der Waals surface area contributed by atoms with Gasteiger partial charge in [-0.2, -0.15) is 5.26 Å². The molecule has 0 spiro atoms.